The second-order valence-corrected chi connectivity index (χ2v) is 5.91. The minimum absolute atomic E-state index is 0.278. The molecule has 0 aliphatic rings. The molecule has 0 bridgehead atoms. The largest absolute Gasteiger partial charge is 0.491 e. The molecule has 6 heteroatoms. The van der Waals surface area contributed by atoms with Crippen molar-refractivity contribution >= 4 is 0 Å². The first kappa shape index (κ1) is 17.4. The third kappa shape index (κ3) is 6.38. The van der Waals surface area contributed by atoms with Crippen molar-refractivity contribution in [2.45, 2.75) is 45.8 Å². The molecular formula is C17H25N3O3. The van der Waals surface area contributed by atoms with Crippen LogP contribution in [0.2, 0.25) is 0 Å². The molecule has 0 aliphatic carbocycles. The van der Waals surface area contributed by atoms with Crippen molar-refractivity contribution in [1.82, 2.24) is 15.5 Å². The number of benzene rings is 1. The smallest absolute Gasteiger partial charge is 0.226 e. The van der Waals surface area contributed by atoms with Crippen LogP contribution >= 0.6 is 0 Å². The molecule has 0 amide bonds. The monoisotopic (exact) mass is 319 g/mol. The molecule has 2 N–H and O–H groups in total. The molecule has 23 heavy (non-hydrogen) atoms. The molecule has 1 aromatic carbocycles. The summed E-state index contributed by atoms with van der Waals surface area (Å²) in [4.78, 5) is 4.19. The van der Waals surface area contributed by atoms with Crippen LogP contribution in [-0.4, -0.2) is 40.5 Å². The van der Waals surface area contributed by atoms with E-state index in [0.29, 0.717) is 24.3 Å². The van der Waals surface area contributed by atoms with Crippen molar-refractivity contribution in [1.29, 1.82) is 0 Å². The lowest BCUT2D eigenvalue weighted by atomic mass is 10.1. The molecule has 1 aromatic heterocycles. The van der Waals surface area contributed by atoms with Crippen molar-refractivity contribution in [2.75, 3.05) is 13.2 Å². The molecule has 6 nitrogen and oxygen atoms in total. The molecule has 0 saturated carbocycles. The summed E-state index contributed by atoms with van der Waals surface area (Å²) in [6.07, 6.45) is 1.04. The fraction of sp³-hybridized carbons (Fsp3) is 0.529. The Kier molecular flexibility index (Phi) is 6.55. The van der Waals surface area contributed by atoms with Crippen LogP contribution in [0.5, 0.6) is 5.75 Å². The number of aryl methyl sites for hydroxylation is 3. The number of nitrogens with one attached hydrogen (secondary N) is 1. The lowest BCUT2D eigenvalue weighted by Gasteiger charge is -2.15. The third-order valence-electron chi connectivity index (χ3n) is 3.32. The number of aromatic nitrogens is 2. The topological polar surface area (TPSA) is 80.4 Å². The van der Waals surface area contributed by atoms with Gasteiger partial charge in [-0.15, -0.1) is 0 Å². The fourth-order valence-corrected chi connectivity index (χ4v) is 2.07. The third-order valence-corrected chi connectivity index (χ3v) is 3.32. The molecule has 1 heterocycles. The number of aliphatic hydroxyl groups excluding tert-OH is 1. The Hall–Kier alpha value is -1.92. The first-order valence-electron chi connectivity index (χ1n) is 7.95. The standard InChI is InChI=1S/C17H25N3O3/c1-12(2)18-10-15(21)11-22-16-7-4-14(5-8-16)6-9-17-19-13(3)20-23-17/h4-5,7-8,12,15,18,21H,6,9-11H2,1-3H3/t15-/m1/s1. The van der Waals surface area contributed by atoms with Gasteiger partial charge in [-0.2, -0.15) is 4.98 Å². The zero-order valence-corrected chi connectivity index (χ0v) is 14.0. The lowest BCUT2D eigenvalue weighted by Crippen LogP contribution is -2.35. The first-order valence-corrected chi connectivity index (χ1v) is 7.95. The highest BCUT2D eigenvalue weighted by Crippen LogP contribution is 2.14. The fourth-order valence-electron chi connectivity index (χ4n) is 2.07. The van der Waals surface area contributed by atoms with E-state index in [1.54, 1.807) is 0 Å². The average molecular weight is 319 g/mol. The number of ether oxygens (including phenoxy) is 1. The summed E-state index contributed by atoms with van der Waals surface area (Å²) in [5.41, 5.74) is 1.18. The normalized spacial score (nSPS) is 12.6. The first-order chi connectivity index (χ1) is 11.0. The van der Waals surface area contributed by atoms with Gasteiger partial charge in [0.2, 0.25) is 5.89 Å². The SMILES string of the molecule is Cc1noc(CCc2ccc(OC[C@H](O)CNC(C)C)cc2)n1. The Morgan fingerprint density at radius 2 is 1.96 bits per heavy atom. The van der Waals surface area contributed by atoms with Gasteiger partial charge >= 0.3 is 0 Å². The highest BCUT2D eigenvalue weighted by molar-refractivity contribution is 5.27. The van der Waals surface area contributed by atoms with E-state index in [2.05, 4.69) is 15.5 Å². The van der Waals surface area contributed by atoms with Gasteiger partial charge in [0, 0.05) is 19.0 Å². The van der Waals surface area contributed by atoms with Crippen LogP contribution in [0, 0.1) is 6.92 Å². The number of hydrogen-bond acceptors (Lipinski definition) is 6. The summed E-state index contributed by atoms with van der Waals surface area (Å²) in [6, 6.07) is 8.20. The van der Waals surface area contributed by atoms with Crippen LogP contribution in [0.15, 0.2) is 28.8 Å². The molecule has 2 aromatic rings. The van der Waals surface area contributed by atoms with E-state index in [4.69, 9.17) is 9.26 Å². The average Bonchev–Trinajstić information content (AvgIpc) is 2.95. The molecule has 0 radical (unpaired) electrons. The van der Waals surface area contributed by atoms with E-state index in [0.717, 1.165) is 18.6 Å². The predicted octanol–water partition coefficient (Wildman–Crippen LogP) is 1.90. The zero-order chi connectivity index (χ0) is 16.7. The Bertz CT molecular complexity index is 581. The second kappa shape index (κ2) is 8.64. The van der Waals surface area contributed by atoms with Gasteiger partial charge < -0.3 is 19.7 Å². The molecule has 0 unspecified atom stereocenters. The van der Waals surface area contributed by atoms with Gasteiger partial charge in [0.25, 0.3) is 0 Å². The van der Waals surface area contributed by atoms with Crippen LogP contribution in [0.3, 0.4) is 0 Å². The number of aliphatic hydroxyl groups is 1. The zero-order valence-electron chi connectivity index (χ0n) is 14.0. The summed E-state index contributed by atoms with van der Waals surface area (Å²) in [7, 11) is 0. The maximum absolute atomic E-state index is 9.82. The van der Waals surface area contributed by atoms with Crippen LogP contribution in [0.1, 0.15) is 31.1 Å². The molecule has 126 valence electrons. The van der Waals surface area contributed by atoms with Gasteiger partial charge in [0.15, 0.2) is 5.82 Å². The molecule has 0 fully saturated rings. The van der Waals surface area contributed by atoms with E-state index in [1.165, 1.54) is 5.56 Å². The minimum atomic E-state index is -0.516. The summed E-state index contributed by atoms with van der Waals surface area (Å²) in [5, 5.41) is 16.8. The Morgan fingerprint density at radius 1 is 1.22 bits per heavy atom. The van der Waals surface area contributed by atoms with Gasteiger partial charge in [-0.05, 0) is 31.0 Å². The van der Waals surface area contributed by atoms with Crippen molar-refractivity contribution in [3.63, 3.8) is 0 Å². The van der Waals surface area contributed by atoms with Gasteiger partial charge in [-0.25, -0.2) is 0 Å². The predicted molar refractivity (Wildman–Crippen MR) is 87.5 cm³/mol. The number of hydrogen-bond donors (Lipinski definition) is 2. The molecule has 0 aliphatic heterocycles. The van der Waals surface area contributed by atoms with E-state index in [9.17, 15) is 5.11 Å². The summed E-state index contributed by atoms with van der Waals surface area (Å²) in [6.45, 7) is 6.70. The molecule has 0 saturated heterocycles. The summed E-state index contributed by atoms with van der Waals surface area (Å²) in [5.74, 6) is 2.07. The number of nitrogens with zero attached hydrogens (tertiary/aromatic N) is 2. The van der Waals surface area contributed by atoms with E-state index in [-0.39, 0.29) is 6.61 Å². The van der Waals surface area contributed by atoms with Crippen LogP contribution in [0.4, 0.5) is 0 Å². The molecule has 2 rings (SSSR count). The van der Waals surface area contributed by atoms with E-state index < -0.39 is 6.10 Å². The Morgan fingerprint density at radius 3 is 2.57 bits per heavy atom. The van der Waals surface area contributed by atoms with Crippen LogP contribution in [0.25, 0.3) is 0 Å². The van der Waals surface area contributed by atoms with Crippen LogP contribution in [-0.2, 0) is 12.8 Å². The van der Waals surface area contributed by atoms with Crippen molar-refractivity contribution < 1.29 is 14.4 Å². The van der Waals surface area contributed by atoms with E-state index in [1.807, 2.05) is 45.0 Å². The highest BCUT2D eigenvalue weighted by atomic mass is 16.5. The Balaban J connectivity index is 1.73. The quantitative estimate of drug-likeness (QED) is 0.735. The molecular weight excluding hydrogens is 294 g/mol. The minimum Gasteiger partial charge on any atom is -0.491 e. The molecule has 1 atom stereocenters. The number of rotatable bonds is 9. The van der Waals surface area contributed by atoms with Gasteiger partial charge in [0.1, 0.15) is 18.5 Å². The molecule has 0 spiro atoms. The van der Waals surface area contributed by atoms with Crippen molar-refractivity contribution in [3.8, 4) is 5.75 Å². The van der Waals surface area contributed by atoms with Gasteiger partial charge in [-0.3, -0.25) is 0 Å². The maximum Gasteiger partial charge on any atom is 0.226 e. The van der Waals surface area contributed by atoms with Gasteiger partial charge in [-0.1, -0.05) is 31.1 Å². The highest BCUT2D eigenvalue weighted by Gasteiger charge is 2.07. The second-order valence-electron chi connectivity index (χ2n) is 5.91. The maximum atomic E-state index is 9.82. The van der Waals surface area contributed by atoms with Crippen LogP contribution < -0.4 is 10.1 Å². The summed E-state index contributed by atoms with van der Waals surface area (Å²) < 4.78 is 10.7. The Labute approximate surface area is 136 Å². The van der Waals surface area contributed by atoms with E-state index >= 15 is 0 Å². The lowest BCUT2D eigenvalue weighted by molar-refractivity contribution is 0.104. The van der Waals surface area contributed by atoms with Gasteiger partial charge in [0.05, 0.1) is 0 Å². The summed E-state index contributed by atoms with van der Waals surface area (Å²) >= 11 is 0. The van der Waals surface area contributed by atoms with Crippen molar-refractivity contribution in [3.05, 3.63) is 41.5 Å². The van der Waals surface area contributed by atoms with Crippen molar-refractivity contribution in [2.24, 2.45) is 0 Å².